The summed E-state index contributed by atoms with van der Waals surface area (Å²) in [6, 6.07) is 16.3. The van der Waals surface area contributed by atoms with Crippen molar-refractivity contribution in [3.8, 4) is 11.1 Å². The maximum Gasteiger partial charge on any atom is 0.250 e. The first-order chi connectivity index (χ1) is 12.2. The first-order valence-electron chi connectivity index (χ1n) is 8.97. The van der Waals surface area contributed by atoms with Crippen molar-refractivity contribution >= 4 is 5.69 Å². The van der Waals surface area contributed by atoms with Crippen LogP contribution in [-0.2, 0) is 19.3 Å². The highest BCUT2D eigenvalue weighted by atomic mass is 16.2. The van der Waals surface area contributed by atoms with Crippen LogP contribution >= 0.6 is 0 Å². The van der Waals surface area contributed by atoms with Crippen molar-refractivity contribution in [1.82, 2.24) is 0 Å². The van der Waals surface area contributed by atoms with Crippen LogP contribution in [0.1, 0.15) is 29.5 Å². The Morgan fingerprint density at radius 3 is 2.40 bits per heavy atom. The molecule has 0 spiro atoms. The highest BCUT2D eigenvalue weighted by molar-refractivity contribution is 5.82. The van der Waals surface area contributed by atoms with Crippen LogP contribution in [0, 0.1) is 0 Å². The molecule has 0 atom stereocenters. The Labute approximate surface area is 147 Å². The quantitative estimate of drug-likeness (QED) is 0.728. The smallest absolute Gasteiger partial charge is 0.250 e. The van der Waals surface area contributed by atoms with E-state index in [2.05, 4.69) is 29.6 Å². The lowest BCUT2D eigenvalue weighted by Crippen LogP contribution is -2.36. The summed E-state index contributed by atoms with van der Waals surface area (Å²) in [5.74, 6) is 0. The second-order valence-electron chi connectivity index (χ2n) is 6.76. The zero-order chi connectivity index (χ0) is 17.2. The number of aryl methyl sites for hydroxylation is 2. The summed E-state index contributed by atoms with van der Waals surface area (Å²) in [5, 5.41) is 3.19. The normalized spacial score (nSPS) is 13.6. The summed E-state index contributed by atoms with van der Waals surface area (Å²) < 4.78 is 0. The van der Waals surface area contributed by atoms with Gasteiger partial charge in [-0.05, 0) is 54.4 Å². The molecule has 0 aromatic heterocycles. The molecule has 0 radical (unpaired) electrons. The summed E-state index contributed by atoms with van der Waals surface area (Å²) in [6.45, 7) is 0.646. The number of hydrogen-bond acceptors (Lipinski definition) is 3. The standard InChI is InChI=1S/C22H21NO2/c24-21-19(18-11-10-16-8-4-5-9-17(16)14-18)20(22(21)25)23-13-12-15-6-2-1-3-7-15/h1-3,6-7,10-11,14,23H,4-5,8-9,12-13H2. The van der Waals surface area contributed by atoms with Gasteiger partial charge in [0.25, 0.3) is 0 Å². The molecule has 0 saturated heterocycles. The largest absolute Gasteiger partial charge is 0.381 e. The molecule has 25 heavy (non-hydrogen) atoms. The van der Waals surface area contributed by atoms with Crippen molar-refractivity contribution in [2.45, 2.75) is 32.1 Å². The molecule has 1 N–H and O–H groups in total. The lowest BCUT2D eigenvalue weighted by molar-refractivity contribution is 0.686. The number of fused-ring (bicyclic) bond motifs is 1. The molecule has 3 aromatic carbocycles. The second-order valence-corrected chi connectivity index (χ2v) is 6.76. The van der Waals surface area contributed by atoms with E-state index in [1.165, 1.54) is 29.5 Å². The minimum atomic E-state index is -0.388. The molecular weight excluding hydrogens is 310 g/mol. The van der Waals surface area contributed by atoms with Gasteiger partial charge in [0.05, 0.1) is 11.3 Å². The maximum absolute atomic E-state index is 12.1. The van der Waals surface area contributed by atoms with E-state index in [4.69, 9.17) is 0 Å². The molecular formula is C22H21NO2. The fourth-order valence-electron chi connectivity index (χ4n) is 3.70. The van der Waals surface area contributed by atoms with E-state index in [0.29, 0.717) is 17.8 Å². The van der Waals surface area contributed by atoms with Gasteiger partial charge in [-0.15, -0.1) is 0 Å². The van der Waals surface area contributed by atoms with E-state index >= 15 is 0 Å². The number of rotatable bonds is 5. The van der Waals surface area contributed by atoms with Crippen LogP contribution in [0.15, 0.2) is 58.1 Å². The Morgan fingerprint density at radius 2 is 1.60 bits per heavy atom. The average Bonchev–Trinajstić information content (AvgIpc) is 2.67. The van der Waals surface area contributed by atoms with Crippen LogP contribution in [0.25, 0.3) is 11.1 Å². The van der Waals surface area contributed by atoms with Crippen molar-refractivity contribution in [1.29, 1.82) is 0 Å². The van der Waals surface area contributed by atoms with Gasteiger partial charge >= 0.3 is 0 Å². The van der Waals surface area contributed by atoms with Crippen LogP contribution in [0.4, 0.5) is 5.69 Å². The van der Waals surface area contributed by atoms with Gasteiger partial charge in [0, 0.05) is 6.54 Å². The number of benzene rings is 2. The highest BCUT2D eigenvalue weighted by Gasteiger charge is 2.23. The number of hydrogen-bond donors (Lipinski definition) is 1. The fourth-order valence-corrected chi connectivity index (χ4v) is 3.70. The Morgan fingerprint density at radius 1 is 0.840 bits per heavy atom. The van der Waals surface area contributed by atoms with Gasteiger partial charge in [0.2, 0.25) is 10.9 Å². The van der Waals surface area contributed by atoms with Crippen molar-refractivity contribution in [2.75, 3.05) is 11.9 Å². The SMILES string of the molecule is O=c1c(NCCc2ccccc2)c(-c2ccc3c(c2)CCCC3)c1=O. The van der Waals surface area contributed by atoms with Crippen LogP contribution in [0.2, 0.25) is 0 Å². The Balaban J connectivity index is 1.54. The lowest BCUT2D eigenvalue weighted by atomic mass is 9.88. The van der Waals surface area contributed by atoms with E-state index in [-0.39, 0.29) is 10.9 Å². The molecule has 1 aliphatic carbocycles. The number of anilines is 1. The molecule has 0 bridgehead atoms. The predicted molar refractivity (Wildman–Crippen MR) is 102 cm³/mol. The molecule has 1 aliphatic rings. The van der Waals surface area contributed by atoms with Gasteiger partial charge in [-0.2, -0.15) is 0 Å². The third kappa shape index (κ3) is 3.02. The molecule has 0 saturated carbocycles. The van der Waals surface area contributed by atoms with Crippen molar-refractivity contribution in [3.63, 3.8) is 0 Å². The Hall–Kier alpha value is -2.68. The van der Waals surface area contributed by atoms with Gasteiger partial charge in [0.15, 0.2) is 0 Å². The van der Waals surface area contributed by atoms with E-state index in [9.17, 15) is 9.59 Å². The third-order valence-corrected chi connectivity index (χ3v) is 5.11. The highest BCUT2D eigenvalue weighted by Crippen LogP contribution is 2.29. The maximum atomic E-state index is 12.1. The summed E-state index contributed by atoms with van der Waals surface area (Å²) in [6.07, 6.45) is 5.44. The topological polar surface area (TPSA) is 46.2 Å². The third-order valence-electron chi connectivity index (χ3n) is 5.11. The van der Waals surface area contributed by atoms with E-state index < -0.39 is 0 Å². The van der Waals surface area contributed by atoms with Gasteiger partial charge in [-0.3, -0.25) is 9.59 Å². The van der Waals surface area contributed by atoms with Crippen molar-refractivity contribution in [3.05, 3.63) is 85.7 Å². The van der Waals surface area contributed by atoms with Crippen LogP contribution in [0.3, 0.4) is 0 Å². The Kier molecular flexibility index (Phi) is 4.22. The molecule has 0 unspecified atom stereocenters. The predicted octanol–water partition coefficient (Wildman–Crippen LogP) is 3.48. The monoisotopic (exact) mass is 331 g/mol. The van der Waals surface area contributed by atoms with E-state index in [0.717, 1.165) is 24.8 Å². The molecule has 3 aromatic rings. The first kappa shape index (κ1) is 15.8. The summed E-state index contributed by atoms with van der Waals surface area (Å²) in [7, 11) is 0. The molecule has 126 valence electrons. The molecule has 3 heteroatoms. The molecule has 4 rings (SSSR count). The van der Waals surface area contributed by atoms with Crippen LogP contribution in [0.5, 0.6) is 0 Å². The molecule has 0 fully saturated rings. The fraction of sp³-hybridized carbons (Fsp3) is 0.273. The zero-order valence-electron chi connectivity index (χ0n) is 14.2. The summed E-state index contributed by atoms with van der Waals surface area (Å²) >= 11 is 0. The molecule has 0 amide bonds. The van der Waals surface area contributed by atoms with Crippen LogP contribution < -0.4 is 16.2 Å². The van der Waals surface area contributed by atoms with Gasteiger partial charge in [-0.1, -0.05) is 48.5 Å². The Bertz CT molecular complexity index is 966. The molecule has 0 aliphatic heterocycles. The van der Waals surface area contributed by atoms with Gasteiger partial charge < -0.3 is 5.32 Å². The van der Waals surface area contributed by atoms with Gasteiger partial charge in [0.1, 0.15) is 0 Å². The van der Waals surface area contributed by atoms with Crippen LogP contribution in [-0.4, -0.2) is 6.54 Å². The number of nitrogens with one attached hydrogen (secondary N) is 1. The van der Waals surface area contributed by atoms with E-state index in [1.54, 1.807) is 0 Å². The van der Waals surface area contributed by atoms with Gasteiger partial charge in [-0.25, -0.2) is 0 Å². The summed E-state index contributed by atoms with van der Waals surface area (Å²) in [4.78, 5) is 24.1. The zero-order valence-corrected chi connectivity index (χ0v) is 14.2. The molecule has 3 nitrogen and oxygen atoms in total. The minimum absolute atomic E-state index is 0.363. The van der Waals surface area contributed by atoms with E-state index in [1.807, 2.05) is 24.3 Å². The minimum Gasteiger partial charge on any atom is -0.381 e. The van der Waals surface area contributed by atoms with Crippen molar-refractivity contribution < 1.29 is 0 Å². The lowest BCUT2D eigenvalue weighted by Gasteiger charge is -2.18. The van der Waals surface area contributed by atoms with Crippen molar-refractivity contribution in [2.24, 2.45) is 0 Å². The molecule has 0 heterocycles. The second kappa shape index (κ2) is 6.67. The summed E-state index contributed by atoms with van der Waals surface area (Å²) in [5.41, 5.74) is 5.10. The average molecular weight is 331 g/mol. The first-order valence-corrected chi connectivity index (χ1v) is 8.97.